The van der Waals surface area contributed by atoms with Gasteiger partial charge in [-0.3, -0.25) is 4.79 Å². The highest BCUT2D eigenvalue weighted by molar-refractivity contribution is 7.87. The van der Waals surface area contributed by atoms with Crippen LogP contribution in [0.3, 0.4) is 0 Å². The number of fused-ring (bicyclic) bond motifs is 5. The topological polar surface area (TPSA) is 116 Å². The molecule has 0 bridgehead atoms. The second kappa shape index (κ2) is 10.6. The van der Waals surface area contributed by atoms with Crippen molar-refractivity contribution >= 4 is 16.1 Å². The molecular formula is C29H50N2O6S. The number of carbonyl (C=O) groups is 1. The van der Waals surface area contributed by atoms with Crippen LogP contribution >= 0.6 is 0 Å². The summed E-state index contributed by atoms with van der Waals surface area (Å²) in [5.41, 5.74) is 0.211. The van der Waals surface area contributed by atoms with Gasteiger partial charge in [0.05, 0.1) is 25.4 Å². The molecule has 11 atom stereocenters. The molecule has 0 aromatic rings. The molecule has 0 aromatic heterocycles. The third-order valence-corrected chi connectivity index (χ3v) is 13.7. The van der Waals surface area contributed by atoms with Gasteiger partial charge >= 0.3 is 10.2 Å². The molecule has 0 aromatic carbocycles. The van der Waals surface area contributed by atoms with Crippen molar-refractivity contribution in [3.8, 4) is 0 Å². The van der Waals surface area contributed by atoms with E-state index in [1.165, 1.54) is 4.31 Å². The molecule has 8 nitrogen and oxygen atoms in total. The third-order valence-electron chi connectivity index (χ3n) is 12.2. The molecule has 1 aliphatic heterocycles. The highest BCUT2D eigenvalue weighted by atomic mass is 32.2. The van der Waals surface area contributed by atoms with E-state index in [0.29, 0.717) is 36.9 Å². The standard InChI is InChI=1S/C29H50N2O6S/c1-5-20-24-17-19(32)8-10-29(24,4)23-9-11-28(3)21(6-7-22(28)26(23)27(20)34)18(2)16-25(33)30-38(35,36)31-12-14-37-15-13-31/h18-24,26-27,32,34H,5-17H2,1-4H3,(H,30,33)/t18?,19-,20-,21-,22+,23+,24+,26+,27-,28-,29-/m1/s1. The van der Waals surface area contributed by atoms with Crippen LogP contribution < -0.4 is 4.72 Å². The molecule has 1 unspecified atom stereocenters. The normalized spacial score (nSPS) is 46.5. The van der Waals surface area contributed by atoms with Crippen LogP contribution in [-0.2, 0) is 19.7 Å². The largest absolute Gasteiger partial charge is 0.393 e. The quantitative estimate of drug-likeness (QED) is 0.464. The number of rotatable bonds is 6. The molecule has 4 aliphatic carbocycles. The zero-order chi connectivity index (χ0) is 27.5. The number of ether oxygens (including phenoxy) is 1. The number of amides is 1. The van der Waals surface area contributed by atoms with Crippen LogP contribution in [0.5, 0.6) is 0 Å². The Balaban J connectivity index is 1.30. The van der Waals surface area contributed by atoms with E-state index in [-0.39, 0.29) is 60.3 Å². The fourth-order valence-corrected chi connectivity index (χ4v) is 11.5. The summed E-state index contributed by atoms with van der Waals surface area (Å²) in [5, 5.41) is 22.4. The smallest absolute Gasteiger partial charge is 0.303 e. The van der Waals surface area contributed by atoms with E-state index in [0.717, 1.165) is 51.4 Å². The Labute approximate surface area is 229 Å². The van der Waals surface area contributed by atoms with Gasteiger partial charge in [-0.25, -0.2) is 4.72 Å². The van der Waals surface area contributed by atoms with Gasteiger partial charge in [0.1, 0.15) is 0 Å². The molecule has 3 N–H and O–H groups in total. The van der Waals surface area contributed by atoms with E-state index < -0.39 is 16.1 Å². The average Bonchev–Trinajstić information content (AvgIpc) is 3.23. The lowest BCUT2D eigenvalue weighted by atomic mass is 9.41. The lowest BCUT2D eigenvalue weighted by molar-refractivity contribution is -0.203. The SMILES string of the molecule is CC[C@H]1[C@@H](O)[C@@H]2[C@H](CC[C@]3(C)[C@@H](C(C)CC(=O)NS(=O)(=O)N4CCOCC4)CC[C@@H]23)[C@@]2(C)CC[C@@H](O)C[C@@H]12. The van der Waals surface area contributed by atoms with Gasteiger partial charge in [-0.15, -0.1) is 0 Å². The first-order valence-electron chi connectivity index (χ1n) is 15.2. The minimum atomic E-state index is -3.84. The van der Waals surface area contributed by atoms with Crippen molar-refractivity contribution in [1.29, 1.82) is 0 Å². The van der Waals surface area contributed by atoms with Gasteiger partial charge in [0.15, 0.2) is 0 Å². The van der Waals surface area contributed by atoms with Crippen LogP contribution in [0.2, 0.25) is 0 Å². The highest BCUT2D eigenvalue weighted by Crippen LogP contribution is 2.69. The van der Waals surface area contributed by atoms with Crippen molar-refractivity contribution in [3.63, 3.8) is 0 Å². The number of carbonyl (C=O) groups excluding carboxylic acids is 1. The van der Waals surface area contributed by atoms with Gasteiger partial charge in [-0.1, -0.05) is 34.1 Å². The van der Waals surface area contributed by atoms with Crippen LogP contribution in [-0.4, -0.2) is 67.4 Å². The van der Waals surface area contributed by atoms with Gasteiger partial charge < -0.3 is 14.9 Å². The second-order valence-corrected chi connectivity index (χ2v) is 15.5. The summed E-state index contributed by atoms with van der Waals surface area (Å²) in [6.45, 7) is 10.4. The second-order valence-electron chi connectivity index (χ2n) is 13.8. The molecule has 5 aliphatic rings. The summed E-state index contributed by atoms with van der Waals surface area (Å²) in [7, 11) is -3.84. The number of nitrogens with one attached hydrogen (secondary N) is 1. The molecule has 0 radical (unpaired) electrons. The molecule has 5 rings (SSSR count). The zero-order valence-corrected chi connectivity index (χ0v) is 24.6. The predicted octanol–water partition coefficient (Wildman–Crippen LogP) is 3.33. The Kier molecular flexibility index (Phi) is 8.02. The predicted molar refractivity (Wildman–Crippen MR) is 145 cm³/mol. The van der Waals surface area contributed by atoms with Crippen molar-refractivity contribution in [2.75, 3.05) is 26.3 Å². The first-order chi connectivity index (χ1) is 17.9. The van der Waals surface area contributed by atoms with Gasteiger partial charge in [-0.2, -0.15) is 12.7 Å². The Morgan fingerprint density at radius 3 is 2.37 bits per heavy atom. The van der Waals surface area contributed by atoms with E-state index in [1.807, 2.05) is 0 Å². The van der Waals surface area contributed by atoms with Gasteiger partial charge in [0.25, 0.3) is 0 Å². The minimum Gasteiger partial charge on any atom is -0.393 e. The lowest BCUT2D eigenvalue weighted by Crippen LogP contribution is -2.62. The maximum atomic E-state index is 12.9. The van der Waals surface area contributed by atoms with E-state index in [9.17, 15) is 23.4 Å². The molecule has 1 amide bonds. The summed E-state index contributed by atoms with van der Waals surface area (Å²) in [6, 6.07) is 0. The van der Waals surface area contributed by atoms with Crippen LogP contribution in [0.4, 0.5) is 0 Å². The van der Waals surface area contributed by atoms with Crippen LogP contribution in [0.1, 0.15) is 85.5 Å². The maximum absolute atomic E-state index is 12.9. The monoisotopic (exact) mass is 554 g/mol. The van der Waals surface area contributed by atoms with Crippen LogP contribution in [0, 0.1) is 52.3 Å². The molecular weight excluding hydrogens is 504 g/mol. The number of hydrogen-bond donors (Lipinski definition) is 3. The van der Waals surface area contributed by atoms with Crippen molar-refractivity contribution < 1.29 is 28.2 Å². The summed E-state index contributed by atoms with van der Waals surface area (Å²) in [6.07, 6.45) is 7.57. The Bertz CT molecular complexity index is 986. The van der Waals surface area contributed by atoms with Gasteiger partial charge in [0, 0.05) is 19.5 Å². The first-order valence-corrected chi connectivity index (χ1v) is 16.6. The Morgan fingerprint density at radius 2 is 1.68 bits per heavy atom. The van der Waals surface area contributed by atoms with Crippen LogP contribution in [0.15, 0.2) is 0 Å². The van der Waals surface area contributed by atoms with Crippen molar-refractivity contribution in [1.82, 2.24) is 9.03 Å². The third kappa shape index (κ3) is 4.76. The molecule has 1 saturated heterocycles. The van der Waals surface area contributed by atoms with Crippen LogP contribution in [0.25, 0.3) is 0 Å². The fourth-order valence-electron chi connectivity index (χ4n) is 10.4. The summed E-state index contributed by atoms with van der Waals surface area (Å²) >= 11 is 0. The molecule has 218 valence electrons. The van der Waals surface area contributed by atoms with E-state index in [1.54, 1.807) is 0 Å². The molecule has 9 heteroatoms. The molecule has 1 heterocycles. The van der Waals surface area contributed by atoms with Crippen molar-refractivity contribution in [2.24, 2.45) is 52.3 Å². The summed E-state index contributed by atoms with van der Waals surface area (Å²) in [5.74, 6) is 1.74. The first kappa shape index (κ1) is 28.8. The fraction of sp³-hybridized carbons (Fsp3) is 0.966. The van der Waals surface area contributed by atoms with Crippen molar-refractivity contribution in [3.05, 3.63) is 0 Å². The molecule has 0 spiro atoms. The minimum absolute atomic E-state index is 0.0423. The molecule has 38 heavy (non-hydrogen) atoms. The number of hydrogen-bond acceptors (Lipinski definition) is 6. The van der Waals surface area contributed by atoms with E-state index in [2.05, 4.69) is 32.4 Å². The molecule has 5 fully saturated rings. The van der Waals surface area contributed by atoms with E-state index >= 15 is 0 Å². The Morgan fingerprint density at radius 1 is 1.03 bits per heavy atom. The average molecular weight is 555 g/mol. The maximum Gasteiger partial charge on any atom is 0.303 e. The van der Waals surface area contributed by atoms with E-state index in [4.69, 9.17) is 4.74 Å². The zero-order valence-electron chi connectivity index (χ0n) is 23.8. The summed E-state index contributed by atoms with van der Waals surface area (Å²) in [4.78, 5) is 12.9. The van der Waals surface area contributed by atoms with Gasteiger partial charge in [0.2, 0.25) is 5.91 Å². The highest BCUT2D eigenvalue weighted by Gasteiger charge is 2.64. The number of aliphatic hydroxyl groups is 2. The number of aliphatic hydroxyl groups excluding tert-OH is 2. The number of nitrogens with zero attached hydrogens (tertiary/aromatic N) is 1. The lowest BCUT2D eigenvalue weighted by Gasteiger charge is -2.64. The molecule has 4 saturated carbocycles. The van der Waals surface area contributed by atoms with Gasteiger partial charge in [-0.05, 0) is 97.2 Å². The van der Waals surface area contributed by atoms with Crippen molar-refractivity contribution in [2.45, 2.75) is 97.7 Å². The Hall–Kier alpha value is -0.740. The number of morpholine rings is 1. The summed E-state index contributed by atoms with van der Waals surface area (Å²) < 4.78 is 34.3.